The molecule has 0 aliphatic carbocycles. The van der Waals surface area contributed by atoms with E-state index in [2.05, 4.69) is 10.4 Å². The number of nitrogens with one attached hydrogen (secondary N) is 1. The predicted molar refractivity (Wildman–Crippen MR) is 94.4 cm³/mol. The quantitative estimate of drug-likeness (QED) is 0.778. The molecular weight excluding hydrogens is 300 g/mol. The lowest BCUT2D eigenvalue weighted by molar-refractivity contribution is 0.100. The fraction of sp³-hybridized carbons (Fsp3) is 0.263. The number of aromatic nitrogens is 2. The SMILES string of the molecule is [2H]C1([2H])NCCC[C@@H]1c1ccc(-n2cc3cccc(C(N)=O)c3n2)cc1. The number of amides is 1. The van der Waals surface area contributed by atoms with Crippen LogP contribution in [0.4, 0.5) is 0 Å². The Balaban J connectivity index is 1.68. The van der Waals surface area contributed by atoms with E-state index in [1.54, 1.807) is 16.8 Å². The zero-order valence-electron chi connectivity index (χ0n) is 15.2. The van der Waals surface area contributed by atoms with Gasteiger partial charge in [-0.2, -0.15) is 5.10 Å². The van der Waals surface area contributed by atoms with Gasteiger partial charge in [0.2, 0.25) is 0 Å². The van der Waals surface area contributed by atoms with Crippen molar-refractivity contribution in [3.63, 3.8) is 0 Å². The van der Waals surface area contributed by atoms with Crippen LogP contribution in [0.15, 0.2) is 48.7 Å². The van der Waals surface area contributed by atoms with E-state index >= 15 is 0 Å². The summed E-state index contributed by atoms with van der Waals surface area (Å²) in [6.45, 7) is -0.680. The van der Waals surface area contributed by atoms with Crippen LogP contribution in [0.5, 0.6) is 0 Å². The van der Waals surface area contributed by atoms with Crippen LogP contribution in [0.1, 0.15) is 37.4 Å². The number of nitrogens with zero attached hydrogens (tertiary/aromatic N) is 2. The second-order valence-corrected chi connectivity index (χ2v) is 6.04. The minimum atomic E-state index is -1.39. The van der Waals surface area contributed by atoms with Gasteiger partial charge in [0.15, 0.2) is 0 Å². The lowest BCUT2D eigenvalue weighted by Gasteiger charge is -2.23. The first-order valence-electron chi connectivity index (χ1n) is 9.09. The van der Waals surface area contributed by atoms with Crippen LogP contribution >= 0.6 is 0 Å². The predicted octanol–water partition coefficient (Wildman–Crippen LogP) is 2.59. The van der Waals surface area contributed by atoms with Gasteiger partial charge in [-0.1, -0.05) is 24.3 Å². The minimum absolute atomic E-state index is 0.163. The fourth-order valence-electron chi connectivity index (χ4n) is 3.15. The molecule has 122 valence electrons. The van der Waals surface area contributed by atoms with E-state index in [0.717, 1.165) is 29.5 Å². The number of fused-ring (bicyclic) bond motifs is 1. The Bertz CT molecular complexity index is 965. The molecule has 1 aliphatic rings. The van der Waals surface area contributed by atoms with Gasteiger partial charge in [-0.25, -0.2) is 4.68 Å². The van der Waals surface area contributed by atoms with Gasteiger partial charge in [0.1, 0.15) is 5.52 Å². The van der Waals surface area contributed by atoms with Gasteiger partial charge in [0.05, 0.1) is 11.3 Å². The van der Waals surface area contributed by atoms with Crippen molar-refractivity contribution < 1.29 is 7.54 Å². The minimum Gasteiger partial charge on any atom is -0.366 e. The largest absolute Gasteiger partial charge is 0.366 e. The molecule has 1 saturated heterocycles. The smallest absolute Gasteiger partial charge is 0.250 e. The van der Waals surface area contributed by atoms with Crippen LogP contribution in [-0.4, -0.2) is 28.7 Å². The van der Waals surface area contributed by atoms with Crippen molar-refractivity contribution >= 4 is 16.8 Å². The second kappa shape index (κ2) is 6.09. The third-order valence-corrected chi connectivity index (χ3v) is 4.43. The van der Waals surface area contributed by atoms with Crippen LogP contribution in [0, 0.1) is 0 Å². The molecule has 1 fully saturated rings. The Morgan fingerprint density at radius 2 is 2.12 bits per heavy atom. The summed E-state index contributed by atoms with van der Waals surface area (Å²) in [5, 5.41) is 8.31. The van der Waals surface area contributed by atoms with E-state index in [1.807, 2.05) is 36.5 Å². The Morgan fingerprint density at radius 3 is 2.88 bits per heavy atom. The molecule has 3 N–H and O–H groups in total. The first-order chi connectivity index (χ1) is 12.5. The number of carbonyl (C=O) groups excluding carboxylic acids is 1. The fourth-order valence-corrected chi connectivity index (χ4v) is 3.15. The van der Waals surface area contributed by atoms with Crippen LogP contribution in [-0.2, 0) is 0 Å². The molecule has 1 atom stereocenters. The maximum atomic E-state index is 11.6. The van der Waals surface area contributed by atoms with E-state index in [9.17, 15) is 4.79 Å². The highest BCUT2D eigenvalue weighted by atomic mass is 16.1. The number of nitrogens with two attached hydrogens (primary N) is 1. The summed E-state index contributed by atoms with van der Waals surface area (Å²) in [6.07, 6.45) is 3.65. The number of piperidine rings is 1. The molecule has 3 aromatic rings. The Kier molecular flexibility index (Phi) is 3.23. The molecule has 1 aliphatic heterocycles. The van der Waals surface area contributed by atoms with E-state index < -0.39 is 12.4 Å². The monoisotopic (exact) mass is 322 g/mol. The van der Waals surface area contributed by atoms with Gasteiger partial charge >= 0.3 is 0 Å². The zero-order chi connectivity index (χ0) is 18.3. The molecule has 1 aromatic heterocycles. The average molecular weight is 322 g/mol. The highest BCUT2D eigenvalue weighted by Crippen LogP contribution is 2.25. The number of primary amides is 1. The maximum Gasteiger partial charge on any atom is 0.250 e. The summed E-state index contributed by atoms with van der Waals surface area (Å²) in [4.78, 5) is 11.6. The van der Waals surface area contributed by atoms with Gasteiger partial charge in [-0.05, 0) is 49.1 Å². The first kappa shape index (κ1) is 12.7. The molecule has 0 saturated carbocycles. The van der Waals surface area contributed by atoms with E-state index in [-0.39, 0.29) is 5.92 Å². The zero-order valence-corrected chi connectivity index (χ0v) is 13.2. The van der Waals surface area contributed by atoms with Gasteiger partial charge in [0.25, 0.3) is 5.91 Å². The normalized spacial score (nSPS) is 21.2. The molecule has 2 aromatic carbocycles. The number of hydrogen-bond acceptors (Lipinski definition) is 3. The standard InChI is InChI=1S/C19H20N4O/c20-19(24)17-5-1-3-15-12-23(22-18(15)17)16-8-6-13(7-9-16)14-4-2-10-21-11-14/h1,3,5-9,12,14,21H,2,4,10-11H2,(H2,20,24)/t14-/m0/s1/i11D2. The molecule has 1 amide bonds. The molecule has 0 spiro atoms. The summed E-state index contributed by atoms with van der Waals surface area (Å²) in [6, 6.07) is 13.1. The Morgan fingerprint density at radius 1 is 1.29 bits per heavy atom. The van der Waals surface area contributed by atoms with Gasteiger partial charge in [-0.15, -0.1) is 0 Å². The van der Waals surface area contributed by atoms with Crippen molar-refractivity contribution in [2.75, 3.05) is 13.0 Å². The van der Waals surface area contributed by atoms with Crippen LogP contribution in [0.25, 0.3) is 16.6 Å². The van der Waals surface area contributed by atoms with E-state index in [1.165, 1.54) is 0 Å². The summed E-state index contributed by atoms with van der Waals surface area (Å²) in [5.41, 5.74) is 8.23. The van der Waals surface area contributed by atoms with Crippen molar-refractivity contribution in [3.05, 3.63) is 59.8 Å². The molecule has 0 radical (unpaired) electrons. The second-order valence-electron chi connectivity index (χ2n) is 6.04. The summed E-state index contributed by atoms with van der Waals surface area (Å²) < 4.78 is 18.1. The average Bonchev–Trinajstić information content (AvgIpc) is 3.05. The van der Waals surface area contributed by atoms with Crippen LogP contribution in [0.2, 0.25) is 0 Å². The molecular formula is C19H20N4O. The molecule has 5 nitrogen and oxygen atoms in total. The molecule has 4 rings (SSSR count). The van der Waals surface area contributed by atoms with Crippen molar-refractivity contribution in [1.82, 2.24) is 15.1 Å². The highest BCUT2D eigenvalue weighted by molar-refractivity contribution is 6.04. The molecule has 24 heavy (non-hydrogen) atoms. The van der Waals surface area contributed by atoms with Crippen LogP contribution < -0.4 is 11.1 Å². The number of carbonyl (C=O) groups is 1. The van der Waals surface area contributed by atoms with Crippen molar-refractivity contribution in [1.29, 1.82) is 0 Å². The third kappa shape index (κ3) is 2.67. The van der Waals surface area contributed by atoms with Crippen LogP contribution in [0.3, 0.4) is 0 Å². The van der Waals surface area contributed by atoms with Gasteiger partial charge in [-0.3, -0.25) is 4.79 Å². The number of hydrogen-bond donors (Lipinski definition) is 2. The Hall–Kier alpha value is -2.66. The van der Waals surface area contributed by atoms with E-state index in [0.29, 0.717) is 17.6 Å². The van der Waals surface area contributed by atoms with Crippen molar-refractivity contribution in [3.8, 4) is 5.69 Å². The summed E-state index contributed by atoms with van der Waals surface area (Å²) in [5.74, 6) is -0.660. The molecule has 0 bridgehead atoms. The molecule has 0 unspecified atom stereocenters. The summed E-state index contributed by atoms with van der Waals surface area (Å²) >= 11 is 0. The van der Waals surface area contributed by atoms with Gasteiger partial charge < -0.3 is 11.1 Å². The molecule has 2 heterocycles. The van der Waals surface area contributed by atoms with Gasteiger partial charge in [0, 0.05) is 20.8 Å². The highest BCUT2D eigenvalue weighted by Gasteiger charge is 2.15. The van der Waals surface area contributed by atoms with E-state index in [4.69, 9.17) is 8.48 Å². The Labute approximate surface area is 143 Å². The lowest BCUT2D eigenvalue weighted by atomic mass is 9.92. The third-order valence-electron chi connectivity index (χ3n) is 4.43. The van der Waals surface area contributed by atoms with Crippen molar-refractivity contribution in [2.24, 2.45) is 5.73 Å². The summed E-state index contributed by atoms with van der Waals surface area (Å²) in [7, 11) is 0. The number of rotatable bonds is 3. The topological polar surface area (TPSA) is 72.9 Å². The lowest BCUT2D eigenvalue weighted by Crippen LogP contribution is -2.28. The molecule has 5 heteroatoms. The maximum absolute atomic E-state index is 11.6. The van der Waals surface area contributed by atoms with Crippen molar-refractivity contribution in [2.45, 2.75) is 18.8 Å². The first-order valence-corrected chi connectivity index (χ1v) is 8.09. The number of benzene rings is 2.